The van der Waals surface area contributed by atoms with Crippen LogP contribution in [0.5, 0.6) is 0 Å². The molecule has 7 nitrogen and oxygen atoms in total. The Morgan fingerprint density at radius 2 is 1.25 bits per heavy atom. The topological polar surface area (TPSA) is 62.3 Å². The number of Topliss-reactive ketones (excluding diaryl/α,β-unsaturated/α-hetero) is 2. The van der Waals surface area contributed by atoms with Gasteiger partial charge < -0.3 is 14.4 Å². The number of morpholine rings is 2. The average molecular weight is 674 g/mol. The van der Waals surface area contributed by atoms with Crippen LogP contribution in [0.15, 0.2) is 83.8 Å². The van der Waals surface area contributed by atoms with Crippen molar-refractivity contribution in [1.29, 1.82) is 0 Å². The van der Waals surface area contributed by atoms with E-state index in [1.807, 2.05) is 62.6 Å². The fourth-order valence-electron chi connectivity index (χ4n) is 6.88. The maximum absolute atomic E-state index is 13.9. The highest BCUT2D eigenvalue weighted by Crippen LogP contribution is 2.31. The van der Waals surface area contributed by atoms with Crippen LogP contribution >= 0.6 is 11.8 Å². The Bertz CT molecular complexity index is 1420. The minimum Gasteiger partial charge on any atom is -0.379 e. The second kappa shape index (κ2) is 18.1. The fourth-order valence-corrected chi connectivity index (χ4v) is 7.29. The van der Waals surface area contributed by atoms with Gasteiger partial charge >= 0.3 is 0 Å². The number of carbonyl (C=O) groups is 2. The molecule has 8 heteroatoms. The van der Waals surface area contributed by atoms with E-state index in [1.165, 1.54) is 10.5 Å². The molecular weight excluding hydrogens is 619 g/mol. The third-order valence-corrected chi connectivity index (χ3v) is 10.7. The van der Waals surface area contributed by atoms with E-state index in [2.05, 4.69) is 71.9 Å². The SMILES string of the molecule is CCN(CC)C(CC)(Cc1ccccc1)C(=O)c1ccc(N2CCOCC2)cc1.CSc1ccc(C(=O)C(C)(C)N2CCOCC2)cc1. The lowest BCUT2D eigenvalue weighted by Crippen LogP contribution is -2.55. The number of nitrogens with zero attached hydrogens (tertiary/aromatic N) is 3. The third-order valence-electron chi connectivity index (χ3n) is 9.93. The van der Waals surface area contributed by atoms with Crippen molar-refractivity contribution in [2.24, 2.45) is 0 Å². The molecular formula is C40H55N3O4S. The number of anilines is 1. The van der Waals surface area contributed by atoms with Gasteiger partial charge in [0.1, 0.15) is 0 Å². The first kappa shape index (κ1) is 37.8. The second-order valence-electron chi connectivity index (χ2n) is 12.9. The maximum Gasteiger partial charge on any atom is 0.183 e. The molecule has 0 N–H and O–H groups in total. The van der Waals surface area contributed by atoms with E-state index < -0.39 is 11.1 Å². The van der Waals surface area contributed by atoms with Crippen LogP contribution in [-0.4, -0.2) is 104 Å². The number of rotatable bonds is 13. The molecule has 0 aromatic heterocycles. The molecule has 2 saturated heterocycles. The lowest BCUT2D eigenvalue weighted by atomic mass is 9.79. The molecule has 2 fully saturated rings. The Labute approximate surface area is 293 Å². The summed E-state index contributed by atoms with van der Waals surface area (Å²) >= 11 is 1.69. The number of hydrogen-bond acceptors (Lipinski definition) is 8. The Balaban J connectivity index is 0.000000237. The highest BCUT2D eigenvalue weighted by Gasteiger charge is 2.41. The summed E-state index contributed by atoms with van der Waals surface area (Å²) in [5.74, 6) is 0.406. The molecule has 260 valence electrons. The van der Waals surface area contributed by atoms with Crippen LogP contribution in [0.2, 0.25) is 0 Å². The van der Waals surface area contributed by atoms with Gasteiger partial charge in [-0.1, -0.05) is 63.2 Å². The largest absolute Gasteiger partial charge is 0.379 e. The zero-order valence-corrected chi connectivity index (χ0v) is 30.7. The van der Waals surface area contributed by atoms with E-state index in [4.69, 9.17) is 9.47 Å². The van der Waals surface area contributed by atoms with Gasteiger partial charge in [0.2, 0.25) is 0 Å². The number of likely N-dealkylation sites (N-methyl/N-ethyl adjacent to an activating group) is 1. The van der Waals surface area contributed by atoms with Gasteiger partial charge in [-0.25, -0.2) is 0 Å². The lowest BCUT2D eigenvalue weighted by molar-refractivity contribution is -0.00430. The summed E-state index contributed by atoms with van der Waals surface area (Å²) in [7, 11) is 0. The Morgan fingerprint density at radius 1 is 0.729 bits per heavy atom. The van der Waals surface area contributed by atoms with Gasteiger partial charge in [-0.3, -0.25) is 19.4 Å². The molecule has 2 aliphatic heterocycles. The Morgan fingerprint density at radius 3 is 1.77 bits per heavy atom. The third kappa shape index (κ3) is 9.16. The highest BCUT2D eigenvalue weighted by atomic mass is 32.2. The molecule has 2 aliphatic rings. The van der Waals surface area contributed by atoms with E-state index in [1.54, 1.807) is 11.8 Å². The predicted molar refractivity (Wildman–Crippen MR) is 199 cm³/mol. The summed E-state index contributed by atoms with van der Waals surface area (Å²) in [4.78, 5) is 34.6. The van der Waals surface area contributed by atoms with Crippen LogP contribution in [0, 0.1) is 0 Å². The zero-order valence-electron chi connectivity index (χ0n) is 29.9. The molecule has 0 aliphatic carbocycles. The van der Waals surface area contributed by atoms with Gasteiger partial charge in [-0.15, -0.1) is 11.8 Å². The normalized spacial score (nSPS) is 16.9. The van der Waals surface area contributed by atoms with Crippen LogP contribution < -0.4 is 4.90 Å². The minimum absolute atomic E-state index is 0.182. The molecule has 0 radical (unpaired) electrons. The maximum atomic E-state index is 13.9. The highest BCUT2D eigenvalue weighted by molar-refractivity contribution is 7.98. The number of benzene rings is 3. The van der Waals surface area contributed by atoms with E-state index in [-0.39, 0.29) is 11.6 Å². The molecule has 48 heavy (non-hydrogen) atoms. The molecule has 0 saturated carbocycles. The summed E-state index contributed by atoms with van der Waals surface area (Å²) in [5.41, 5.74) is 2.97. The van der Waals surface area contributed by atoms with E-state index >= 15 is 0 Å². The van der Waals surface area contributed by atoms with Gasteiger partial charge in [0.25, 0.3) is 0 Å². The Hall–Kier alpha value is -3.01. The smallest absolute Gasteiger partial charge is 0.183 e. The molecule has 0 bridgehead atoms. The summed E-state index contributed by atoms with van der Waals surface area (Å²) in [5, 5.41) is 0. The number of thioether (sulfide) groups is 1. The summed E-state index contributed by atoms with van der Waals surface area (Å²) in [6.45, 7) is 18.5. The standard InChI is InChI=1S/C25H34N2O2.C15H21NO2S/c1-4-25(27(5-2)6-3,20-21-10-8-7-9-11-21)24(28)22-12-14-23(15-13-22)26-16-18-29-19-17-26;1-15(2,16-8-10-18-11-9-16)14(17)12-4-6-13(19-3)7-5-12/h7-15H,4-6,16-20H2,1-3H3;4-7H,8-11H2,1-3H3. The predicted octanol–water partition coefficient (Wildman–Crippen LogP) is 7.14. The molecule has 1 atom stereocenters. The van der Waals surface area contributed by atoms with Crippen LogP contribution in [0.1, 0.15) is 67.3 Å². The molecule has 0 amide bonds. The first-order valence-electron chi connectivity index (χ1n) is 17.5. The van der Waals surface area contributed by atoms with Crippen molar-refractivity contribution in [3.05, 3.63) is 95.6 Å². The van der Waals surface area contributed by atoms with E-state index in [9.17, 15) is 9.59 Å². The van der Waals surface area contributed by atoms with Gasteiger partial charge in [-0.2, -0.15) is 0 Å². The monoisotopic (exact) mass is 673 g/mol. The number of carbonyl (C=O) groups excluding carboxylic acids is 2. The summed E-state index contributed by atoms with van der Waals surface area (Å²) < 4.78 is 10.8. The van der Waals surface area contributed by atoms with E-state index in [0.717, 1.165) is 82.1 Å². The van der Waals surface area contributed by atoms with Crippen molar-refractivity contribution in [2.45, 2.75) is 63.4 Å². The van der Waals surface area contributed by atoms with Crippen LogP contribution in [0.4, 0.5) is 5.69 Å². The van der Waals surface area contributed by atoms with Gasteiger partial charge in [0.15, 0.2) is 11.6 Å². The van der Waals surface area contributed by atoms with E-state index in [0.29, 0.717) is 13.2 Å². The number of ketones is 2. The fraction of sp³-hybridized carbons (Fsp3) is 0.500. The van der Waals surface area contributed by atoms with Gasteiger partial charge in [0, 0.05) is 47.9 Å². The number of hydrogen-bond donors (Lipinski definition) is 0. The van der Waals surface area contributed by atoms with Crippen LogP contribution in [-0.2, 0) is 15.9 Å². The van der Waals surface area contributed by atoms with Crippen molar-refractivity contribution in [3.63, 3.8) is 0 Å². The quantitative estimate of drug-likeness (QED) is 0.140. The summed E-state index contributed by atoms with van der Waals surface area (Å²) in [6, 6.07) is 26.4. The summed E-state index contributed by atoms with van der Waals surface area (Å²) in [6.07, 6.45) is 3.55. The molecule has 2 heterocycles. The van der Waals surface area contributed by atoms with Crippen molar-refractivity contribution < 1.29 is 19.1 Å². The molecule has 5 rings (SSSR count). The molecule has 0 spiro atoms. The average Bonchev–Trinajstić information content (AvgIpc) is 3.15. The first-order chi connectivity index (χ1) is 23.2. The molecule has 1 unspecified atom stereocenters. The van der Waals surface area contributed by atoms with Crippen molar-refractivity contribution in [2.75, 3.05) is 76.9 Å². The van der Waals surface area contributed by atoms with Crippen molar-refractivity contribution in [3.8, 4) is 0 Å². The first-order valence-corrected chi connectivity index (χ1v) is 18.7. The molecule has 3 aromatic carbocycles. The van der Waals surface area contributed by atoms with Crippen LogP contribution in [0.3, 0.4) is 0 Å². The Kier molecular flexibility index (Phi) is 14.3. The van der Waals surface area contributed by atoms with Gasteiger partial charge in [0.05, 0.1) is 37.5 Å². The van der Waals surface area contributed by atoms with Crippen molar-refractivity contribution >= 4 is 29.0 Å². The lowest BCUT2D eigenvalue weighted by Gasteiger charge is -2.42. The molecule has 3 aromatic rings. The zero-order chi connectivity index (χ0) is 34.6. The van der Waals surface area contributed by atoms with Gasteiger partial charge in [-0.05, 0) is 88.0 Å². The van der Waals surface area contributed by atoms with Crippen LogP contribution in [0.25, 0.3) is 0 Å². The minimum atomic E-state index is -0.522. The van der Waals surface area contributed by atoms with Crippen molar-refractivity contribution in [1.82, 2.24) is 9.80 Å². The number of ether oxygens (including phenoxy) is 2. The second-order valence-corrected chi connectivity index (χ2v) is 13.8.